The summed E-state index contributed by atoms with van der Waals surface area (Å²) in [6.07, 6.45) is 1.66. The van der Waals surface area contributed by atoms with Gasteiger partial charge in [-0.1, -0.05) is 12.1 Å². The van der Waals surface area contributed by atoms with Crippen molar-refractivity contribution in [2.75, 3.05) is 16.8 Å². The summed E-state index contributed by atoms with van der Waals surface area (Å²) in [5.74, 6) is -0.336. The molecule has 6 heterocycles. The molecule has 0 radical (unpaired) electrons. The number of fused-ring (bicyclic) bond motifs is 1. The summed E-state index contributed by atoms with van der Waals surface area (Å²) in [5, 5.41) is 2.67. The maximum atomic E-state index is 13.4. The first-order chi connectivity index (χ1) is 21.1. The van der Waals surface area contributed by atoms with Gasteiger partial charge in [-0.15, -0.1) is 0 Å². The molecule has 6 rings (SSSR count). The number of nitrogens with zero attached hydrogens (tertiary/aromatic N) is 9. The molecule has 1 N–H and O–H groups in total. The van der Waals surface area contributed by atoms with Crippen LogP contribution in [-0.2, 0) is 24.9 Å². The van der Waals surface area contributed by atoms with Crippen molar-refractivity contribution in [1.29, 1.82) is 0 Å². The van der Waals surface area contributed by atoms with Gasteiger partial charge in [0.15, 0.2) is 11.2 Å². The fraction of sp³-hybridized carbons (Fsp3) is 0.286. The van der Waals surface area contributed by atoms with Gasteiger partial charge in [0.1, 0.15) is 18.4 Å². The third kappa shape index (κ3) is 5.52. The summed E-state index contributed by atoms with van der Waals surface area (Å²) in [4.78, 5) is 61.4. The van der Waals surface area contributed by atoms with Crippen LogP contribution in [0.2, 0.25) is 0 Å². The van der Waals surface area contributed by atoms with Crippen molar-refractivity contribution in [2.24, 2.45) is 7.05 Å². The molecule has 5 aromatic rings. The maximum Gasteiger partial charge on any atom is 0.408 e. The number of pyridine rings is 2. The first kappa shape index (κ1) is 28.7. The number of anilines is 2. The molecule has 5 aromatic heterocycles. The fourth-order valence-corrected chi connectivity index (χ4v) is 5.19. The first-order valence-electron chi connectivity index (χ1n) is 13.6. The molecule has 1 aliphatic rings. The molecule has 0 saturated carbocycles. The second-order valence-corrected chi connectivity index (χ2v) is 10.2. The Bertz CT molecular complexity index is 1950. The van der Waals surface area contributed by atoms with Crippen LogP contribution >= 0.6 is 0 Å². The standard InChI is InChI=1S/C28H25F3N10O3/c1-38-24-23(25(43)41(27(38)44)14-18-6-2-3-10-32-18)39(16-35-24)15-22(42)37-21-9-4-7-19(36-21)17-12-33-26(34-13-17)40-11-5-8-20(40)28(29,30)31/h2-4,6-7,9-10,12-13,16,20H,5,8,11,14-15H2,1H3,(H,36,37,42). The quantitative estimate of drug-likeness (QED) is 0.295. The monoisotopic (exact) mass is 606 g/mol. The third-order valence-corrected chi connectivity index (χ3v) is 7.30. The molecule has 0 aromatic carbocycles. The molecule has 1 aliphatic heterocycles. The molecule has 1 fully saturated rings. The van der Waals surface area contributed by atoms with Crippen molar-refractivity contribution in [3.63, 3.8) is 0 Å². The predicted molar refractivity (Wildman–Crippen MR) is 153 cm³/mol. The number of amides is 1. The van der Waals surface area contributed by atoms with Crippen LogP contribution in [-0.4, -0.2) is 63.3 Å². The average Bonchev–Trinajstić information content (AvgIpc) is 3.67. The largest absolute Gasteiger partial charge is 0.408 e. The van der Waals surface area contributed by atoms with Gasteiger partial charge in [0.2, 0.25) is 11.9 Å². The third-order valence-electron chi connectivity index (χ3n) is 7.30. The van der Waals surface area contributed by atoms with Gasteiger partial charge >= 0.3 is 11.9 Å². The molecule has 1 amide bonds. The topological polar surface area (TPSA) is 146 Å². The van der Waals surface area contributed by atoms with Gasteiger partial charge in [0.25, 0.3) is 5.56 Å². The molecule has 1 saturated heterocycles. The van der Waals surface area contributed by atoms with Crippen molar-refractivity contribution in [3.05, 3.63) is 87.8 Å². The number of nitrogens with one attached hydrogen (secondary N) is 1. The molecule has 16 heteroatoms. The molecule has 1 atom stereocenters. The highest BCUT2D eigenvalue weighted by atomic mass is 19.4. The van der Waals surface area contributed by atoms with Crippen LogP contribution in [0.1, 0.15) is 18.5 Å². The van der Waals surface area contributed by atoms with E-state index in [1.54, 1.807) is 42.6 Å². The van der Waals surface area contributed by atoms with Crippen molar-refractivity contribution in [3.8, 4) is 11.3 Å². The van der Waals surface area contributed by atoms with Crippen LogP contribution in [0.5, 0.6) is 0 Å². The highest BCUT2D eigenvalue weighted by molar-refractivity contribution is 5.90. The van der Waals surface area contributed by atoms with Crippen molar-refractivity contribution in [1.82, 2.24) is 38.6 Å². The molecule has 226 valence electrons. The Kier molecular flexibility index (Phi) is 7.40. The van der Waals surface area contributed by atoms with E-state index in [1.165, 1.54) is 34.9 Å². The number of imidazole rings is 1. The van der Waals surface area contributed by atoms with E-state index in [1.807, 2.05) is 0 Å². The summed E-state index contributed by atoms with van der Waals surface area (Å²) >= 11 is 0. The average molecular weight is 607 g/mol. The summed E-state index contributed by atoms with van der Waals surface area (Å²) in [5.41, 5.74) is 0.375. The summed E-state index contributed by atoms with van der Waals surface area (Å²) in [6.45, 7) is -0.140. The Morgan fingerprint density at radius 1 is 1.05 bits per heavy atom. The predicted octanol–water partition coefficient (Wildman–Crippen LogP) is 2.36. The minimum Gasteiger partial charge on any atom is -0.329 e. The van der Waals surface area contributed by atoms with Crippen molar-refractivity contribution >= 4 is 28.8 Å². The lowest BCUT2D eigenvalue weighted by Gasteiger charge is -2.26. The molecular weight excluding hydrogens is 581 g/mol. The Labute approximate surface area is 246 Å². The zero-order valence-electron chi connectivity index (χ0n) is 23.3. The van der Waals surface area contributed by atoms with E-state index < -0.39 is 29.4 Å². The van der Waals surface area contributed by atoms with Crippen LogP contribution in [0.4, 0.5) is 24.9 Å². The van der Waals surface area contributed by atoms with E-state index >= 15 is 0 Å². The van der Waals surface area contributed by atoms with Gasteiger partial charge in [-0.2, -0.15) is 13.2 Å². The minimum atomic E-state index is -4.37. The van der Waals surface area contributed by atoms with Gasteiger partial charge in [-0.25, -0.2) is 24.7 Å². The highest BCUT2D eigenvalue weighted by Crippen LogP contribution is 2.34. The first-order valence-corrected chi connectivity index (χ1v) is 13.6. The number of carbonyl (C=O) groups excluding carboxylic acids is 1. The van der Waals surface area contributed by atoms with Gasteiger partial charge in [-0.05, 0) is 37.1 Å². The van der Waals surface area contributed by atoms with Crippen molar-refractivity contribution in [2.45, 2.75) is 38.1 Å². The number of aromatic nitrogens is 8. The highest BCUT2D eigenvalue weighted by Gasteiger charge is 2.46. The number of carbonyl (C=O) groups is 1. The van der Waals surface area contributed by atoms with Crippen LogP contribution in [0.15, 0.2) is 70.9 Å². The Hall–Kier alpha value is -5.41. The minimum absolute atomic E-state index is 0.00774. The van der Waals surface area contributed by atoms with Crippen LogP contribution in [0, 0.1) is 0 Å². The lowest BCUT2D eigenvalue weighted by molar-refractivity contribution is -0.146. The molecule has 0 aliphatic carbocycles. The number of hydrogen-bond acceptors (Lipinski definition) is 9. The number of hydrogen-bond donors (Lipinski definition) is 1. The Morgan fingerprint density at radius 2 is 1.84 bits per heavy atom. The second-order valence-electron chi connectivity index (χ2n) is 10.2. The van der Waals surface area contributed by atoms with Crippen LogP contribution in [0.25, 0.3) is 22.4 Å². The SMILES string of the molecule is Cn1c(=O)n(Cc2ccccn2)c(=O)c2c1ncn2CC(=O)Nc1cccc(-c2cnc(N3CCCC3C(F)(F)F)nc2)n1. The smallest absolute Gasteiger partial charge is 0.329 e. The van der Waals surface area contributed by atoms with E-state index in [0.717, 1.165) is 9.47 Å². The molecule has 1 unspecified atom stereocenters. The maximum absolute atomic E-state index is 13.4. The lowest BCUT2D eigenvalue weighted by Crippen LogP contribution is -2.42. The Balaban J connectivity index is 1.20. The van der Waals surface area contributed by atoms with Crippen LogP contribution < -0.4 is 21.5 Å². The van der Waals surface area contributed by atoms with Gasteiger partial charge in [0, 0.05) is 37.7 Å². The number of halogens is 3. The molecule has 0 spiro atoms. The van der Waals surface area contributed by atoms with E-state index in [-0.39, 0.29) is 49.0 Å². The summed E-state index contributed by atoms with van der Waals surface area (Å²) in [6, 6.07) is 8.40. The normalized spacial score (nSPS) is 15.2. The molecule has 0 bridgehead atoms. The fourth-order valence-electron chi connectivity index (χ4n) is 5.19. The zero-order chi connectivity index (χ0) is 31.0. The Morgan fingerprint density at radius 3 is 2.57 bits per heavy atom. The van der Waals surface area contributed by atoms with Gasteiger partial charge in [0.05, 0.1) is 24.3 Å². The van der Waals surface area contributed by atoms with E-state index in [0.29, 0.717) is 23.4 Å². The van der Waals surface area contributed by atoms with E-state index in [2.05, 4.69) is 30.2 Å². The van der Waals surface area contributed by atoms with E-state index in [4.69, 9.17) is 0 Å². The number of aryl methyl sites for hydroxylation is 1. The molecule has 13 nitrogen and oxygen atoms in total. The zero-order valence-corrected chi connectivity index (χ0v) is 23.3. The molecule has 44 heavy (non-hydrogen) atoms. The lowest BCUT2D eigenvalue weighted by atomic mass is 10.2. The van der Waals surface area contributed by atoms with Crippen LogP contribution in [0.3, 0.4) is 0 Å². The van der Waals surface area contributed by atoms with Gasteiger partial charge in [-0.3, -0.25) is 23.7 Å². The second kappa shape index (κ2) is 11.3. The molecular formula is C28H25F3N10O3. The van der Waals surface area contributed by atoms with Gasteiger partial charge < -0.3 is 14.8 Å². The summed E-state index contributed by atoms with van der Waals surface area (Å²) < 4.78 is 43.7. The number of alkyl halides is 3. The number of rotatable bonds is 7. The van der Waals surface area contributed by atoms with E-state index in [9.17, 15) is 27.6 Å². The van der Waals surface area contributed by atoms with Crippen molar-refractivity contribution < 1.29 is 18.0 Å². The summed E-state index contributed by atoms with van der Waals surface area (Å²) in [7, 11) is 1.49.